The first-order valence-corrected chi connectivity index (χ1v) is 7.50. The van der Waals surface area contributed by atoms with Crippen molar-refractivity contribution in [3.05, 3.63) is 0 Å². The van der Waals surface area contributed by atoms with Crippen LogP contribution in [-0.2, 0) is 15.0 Å². The van der Waals surface area contributed by atoms with Crippen LogP contribution in [0.1, 0.15) is 26.7 Å². The molecule has 0 bridgehead atoms. The molecule has 1 unspecified atom stereocenters. The van der Waals surface area contributed by atoms with Crippen LogP contribution in [0.3, 0.4) is 0 Å². The van der Waals surface area contributed by atoms with E-state index in [1.807, 2.05) is 6.92 Å². The summed E-state index contributed by atoms with van der Waals surface area (Å²) < 4.78 is 27.1. The smallest absolute Gasteiger partial charge is 0.279 e. The van der Waals surface area contributed by atoms with E-state index >= 15 is 0 Å². The summed E-state index contributed by atoms with van der Waals surface area (Å²) in [5.74, 6) is -0.326. The van der Waals surface area contributed by atoms with Crippen LogP contribution in [0.15, 0.2) is 0 Å². The molecule has 1 atom stereocenters. The molecule has 0 heterocycles. The number of hydrogen-bond donors (Lipinski definition) is 3. The van der Waals surface area contributed by atoms with Gasteiger partial charge in [-0.3, -0.25) is 4.79 Å². The number of nitrogens with zero attached hydrogens (tertiary/aromatic N) is 1. The van der Waals surface area contributed by atoms with Gasteiger partial charge in [0.15, 0.2) is 0 Å². The maximum Gasteiger partial charge on any atom is 0.279 e. The quantitative estimate of drug-likeness (QED) is 0.504. The second kappa shape index (κ2) is 8.41. The number of rotatable bonds is 9. The zero-order valence-corrected chi connectivity index (χ0v) is 12.1. The molecule has 1 amide bonds. The number of nitrogens with two attached hydrogens (primary N) is 1. The van der Waals surface area contributed by atoms with Gasteiger partial charge in [0.05, 0.1) is 6.04 Å². The van der Waals surface area contributed by atoms with Crippen molar-refractivity contribution in [1.82, 2.24) is 14.3 Å². The normalized spacial score (nSPS) is 13.6. The van der Waals surface area contributed by atoms with Crippen molar-refractivity contribution in [1.29, 1.82) is 0 Å². The third kappa shape index (κ3) is 6.29. The van der Waals surface area contributed by atoms with Gasteiger partial charge >= 0.3 is 0 Å². The predicted octanol–water partition coefficient (Wildman–Crippen LogP) is -0.984. The van der Waals surface area contributed by atoms with Gasteiger partial charge in [-0.2, -0.15) is 17.4 Å². The highest BCUT2D eigenvalue weighted by molar-refractivity contribution is 7.87. The first kappa shape index (κ1) is 17.3. The maximum absolute atomic E-state index is 11.8. The molecule has 0 aliphatic rings. The first-order chi connectivity index (χ1) is 8.35. The Morgan fingerprint density at radius 3 is 2.56 bits per heavy atom. The van der Waals surface area contributed by atoms with Gasteiger partial charge < -0.3 is 11.1 Å². The van der Waals surface area contributed by atoms with E-state index in [0.717, 1.165) is 10.7 Å². The molecule has 7 nitrogen and oxygen atoms in total. The highest BCUT2D eigenvalue weighted by Gasteiger charge is 2.23. The third-order valence-corrected chi connectivity index (χ3v) is 4.01. The Hall–Kier alpha value is -0.700. The summed E-state index contributed by atoms with van der Waals surface area (Å²) in [4.78, 5) is 11.5. The van der Waals surface area contributed by atoms with Crippen molar-refractivity contribution in [3.63, 3.8) is 0 Å². The summed E-state index contributed by atoms with van der Waals surface area (Å²) >= 11 is 0. The summed E-state index contributed by atoms with van der Waals surface area (Å²) in [6.07, 6.45) is 1.38. The predicted molar refractivity (Wildman–Crippen MR) is 71.1 cm³/mol. The molecule has 8 heteroatoms. The van der Waals surface area contributed by atoms with Gasteiger partial charge in [-0.25, -0.2) is 0 Å². The Bertz CT molecular complexity index is 345. The van der Waals surface area contributed by atoms with E-state index in [0.29, 0.717) is 26.1 Å². The van der Waals surface area contributed by atoms with Crippen molar-refractivity contribution in [3.8, 4) is 0 Å². The summed E-state index contributed by atoms with van der Waals surface area (Å²) in [5, 5.41) is 2.63. The largest absolute Gasteiger partial charge is 0.355 e. The van der Waals surface area contributed by atoms with Gasteiger partial charge in [-0.05, 0) is 26.3 Å². The van der Waals surface area contributed by atoms with Gasteiger partial charge in [0, 0.05) is 20.1 Å². The average molecular weight is 280 g/mol. The zero-order valence-electron chi connectivity index (χ0n) is 11.3. The first-order valence-electron chi connectivity index (χ1n) is 6.06. The van der Waals surface area contributed by atoms with Crippen molar-refractivity contribution < 1.29 is 13.2 Å². The molecule has 0 aromatic heterocycles. The lowest BCUT2D eigenvalue weighted by molar-refractivity contribution is -0.122. The van der Waals surface area contributed by atoms with Crippen LogP contribution < -0.4 is 15.8 Å². The molecule has 18 heavy (non-hydrogen) atoms. The van der Waals surface area contributed by atoms with Crippen LogP contribution in [0.5, 0.6) is 0 Å². The minimum absolute atomic E-state index is 0.326. The number of carbonyl (C=O) groups excluding carboxylic acids is 1. The molecule has 108 valence electrons. The number of nitrogens with one attached hydrogen (secondary N) is 2. The zero-order chi connectivity index (χ0) is 14.2. The summed E-state index contributed by atoms with van der Waals surface area (Å²) in [6, 6.07) is -0.790. The Morgan fingerprint density at radius 2 is 2.06 bits per heavy atom. The maximum atomic E-state index is 11.8. The molecule has 4 N–H and O–H groups in total. The second-order valence-electron chi connectivity index (χ2n) is 4.10. The molecule has 0 rings (SSSR count). The second-order valence-corrected chi connectivity index (χ2v) is 5.91. The SMILES string of the molecule is CCCNC(=O)C(C)NS(=O)(=O)N(C)CCCN. The van der Waals surface area contributed by atoms with Crippen LogP contribution in [0.25, 0.3) is 0 Å². The lowest BCUT2D eigenvalue weighted by Crippen LogP contribution is -2.49. The molecule has 0 aromatic rings. The van der Waals surface area contributed by atoms with Gasteiger partial charge in [0.25, 0.3) is 10.2 Å². The van der Waals surface area contributed by atoms with Crippen LogP contribution in [0.4, 0.5) is 0 Å². The van der Waals surface area contributed by atoms with Gasteiger partial charge in [-0.15, -0.1) is 0 Å². The molecule has 0 spiro atoms. The average Bonchev–Trinajstić information content (AvgIpc) is 2.32. The standard InChI is InChI=1S/C10H24N4O3S/c1-4-7-12-10(15)9(2)13-18(16,17)14(3)8-5-6-11/h9,13H,4-8,11H2,1-3H3,(H,12,15). The van der Waals surface area contributed by atoms with Crippen molar-refractivity contribution >= 4 is 16.1 Å². The third-order valence-electron chi connectivity index (χ3n) is 2.36. The molecule has 0 radical (unpaired) electrons. The van der Waals surface area contributed by atoms with E-state index in [1.165, 1.54) is 14.0 Å². The van der Waals surface area contributed by atoms with E-state index in [1.54, 1.807) is 0 Å². The van der Waals surface area contributed by atoms with E-state index in [9.17, 15) is 13.2 Å². The molecule has 0 aromatic carbocycles. The van der Waals surface area contributed by atoms with Gasteiger partial charge in [0.1, 0.15) is 0 Å². The van der Waals surface area contributed by atoms with Crippen molar-refractivity contribution in [2.45, 2.75) is 32.7 Å². The van der Waals surface area contributed by atoms with Crippen molar-refractivity contribution in [2.24, 2.45) is 5.73 Å². The van der Waals surface area contributed by atoms with E-state index in [-0.39, 0.29) is 5.91 Å². The van der Waals surface area contributed by atoms with E-state index in [2.05, 4.69) is 10.0 Å². The van der Waals surface area contributed by atoms with Gasteiger partial charge in [0.2, 0.25) is 5.91 Å². The van der Waals surface area contributed by atoms with E-state index < -0.39 is 16.3 Å². The van der Waals surface area contributed by atoms with Crippen LogP contribution in [0, 0.1) is 0 Å². The molecule has 0 aliphatic heterocycles. The fourth-order valence-corrected chi connectivity index (χ4v) is 2.31. The minimum atomic E-state index is -3.63. The van der Waals surface area contributed by atoms with Crippen molar-refractivity contribution in [2.75, 3.05) is 26.7 Å². The number of carbonyl (C=O) groups is 1. The Labute approximate surface area is 109 Å². The fourth-order valence-electron chi connectivity index (χ4n) is 1.20. The Kier molecular flexibility index (Phi) is 8.08. The lowest BCUT2D eigenvalue weighted by Gasteiger charge is -2.20. The van der Waals surface area contributed by atoms with Crippen LogP contribution in [-0.4, -0.2) is 51.4 Å². The van der Waals surface area contributed by atoms with E-state index in [4.69, 9.17) is 5.73 Å². The summed E-state index contributed by atoms with van der Waals surface area (Å²) in [7, 11) is -2.18. The lowest BCUT2D eigenvalue weighted by atomic mass is 10.3. The molecule has 0 saturated carbocycles. The fraction of sp³-hybridized carbons (Fsp3) is 0.900. The molecular formula is C10H24N4O3S. The monoisotopic (exact) mass is 280 g/mol. The molecule has 0 saturated heterocycles. The minimum Gasteiger partial charge on any atom is -0.355 e. The molecular weight excluding hydrogens is 256 g/mol. The highest BCUT2D eigenvalue weighted by atomic mass is 32.2. The Morgan fingerprint density at radius 1 is 1.44 bits per heavy atom. The van der Waals surface area contributed by atoms with Gasteiger partial charge in [-0.1, -0.05) is 6.92 Å². The highest BCUT2D eigenvalue weighted by Crippen LogP contribution is 1.97. The summed E-state index contributed by atoms with van der Waals surface area (Å²) in [5.41, 5.74) is 5.32. The Balaban J connectivity index is 4.34. The number of amides is 1. The molecule has 0 aliphatic carbocycles. The number of hydrogen-bond acceptors (Lipinski definition) is 4. The molecule has 0 fully saturated rings. The topological polar surface area (TPSA) is 105 Å². The van der Waals surface area contributed by atoms with Crippen LogP contribution in [0.2, 0.25) is 0 Å². The summed E-state index contributed by atoms with van der Waals surface area (Å²) in [6.45, 7) is 4.73. The van der Waals surface area contributed by atoms with Crippen LogP contribution >= 0.6 is 0 Å².